The summed E-state index contributed by atoms with van der Waals surface area (Å²) in [6.07, 6.45) is 5.17. The molecule has 0 bridgehead atoms. The van der Waals surface area contributed by atoms with Crippen LogP contribution in [0.15, 0.2) is 79.1 Å². The van der Waals surface area contributed by atoms with Crippen molar-refractivity contribution in [3.8, 4) is 11.1 Å². The van der Waals surface area contributed by atoms with E-state index < -0.39 is 0 Å². The van der Waals surface area contributed by atoms with Crippen LogP contribution < -0.4 is 5.32 Å². The van der Waals surface area contributed by atoms with Crippen LogP contribution in [0.3, 0.4) is 0 Å². The Morgan fingerprint density at radius 2 is 1.67 bits per heavy atom. The van der Waals surface area contributed by atoms with E-state index in [0.717, 1.165) is 28.8 Å². The molecule has 0 fully saturated rings. The van der Waals surface area contributed by atoms with Gasteiger partial charge in [-0.25, -0.2) is 9.97 Å². The van der Waals surface area contributed by atoms with E-state index in [9.17, 15) is 0 Å². The van der Waals surface area contributed by atoms with Gasteiger partial charge in [0.05, 0.1) is 5.52 Å². The molecule has 0 unspecified atom stereocenters. The van der Waals surface area contributed by atoms with Gasteiger partial charge in [0.1, 0.15) is 12.1 Å². The molecule has 0 amide bonds. The molecular weight excluding hydrogens is 330 g/mol. The Labute approximate surface area is 160 Å². The molecule has 0 aliphatic carbocycles. The summed E-state index contributed by atoms with van der Waals surface area (Å²) in [5, 5.41) is 4.44. The van der Waals surface area contributed by atoms with Crippen molar-refractivity contribution in [3.05, 3.63) is 84.7 Å². The summed E-state index contributed by atoms with van der Waals surface area (Å²) in [5.41, 5.74) is 5.77. The van der Waals surface area contributed by atoms with Crippen LogP contribution in [0, 0.1) is 0 Å². The first-order chi connectivity index (χ1) is 13.3. The summed E-state index contributed by atoms with van der Waals surface area (Å²) in [7, 11) is 0. The van der Waals surface area contributed by atoms with Crippen molar-refractivity contribution in [1.29, 1.82) is 0 Å². The maximum Gasteiger partial charge on any atom is 0.141 e. The molecule has 4 rings (SSSR count). The predicted octanol–water partition coefficient (Wildman–Crippen LogP) is 6.38. The Morgan fingerprint density at radius 1 is 0.815 bits per heavy atom. The number of hydrogen-bond donors (Lipinski definition) is 1. The summed E-state index contributed by atoms with van der Waals surface area (Å²) < 4.78 is 0. The fraction of sp³-hybridized carbons (Fsp3) is 0.167. The minimum Gasteiger partial charge on any atom is -0.340 e. The van der Waals surface area contributed by atoms with Gasteiger partial charge in [0.25, 0.3) is 0 Å². The molecule has 0 aliphatic rings. The number of rotatable bonds is 6. The fourth-order valence-corrected chi connectivity index (χ4v) is 3.28. The van der Waals surface area contributed by atoms with Crippen molar-refractivity contribution >= 4 is 22.4 Å². The second-order valence-corrected chi connectivity index (χ2v) is 6.75. The maximum absolute atomic E-state index is 4.47. The van der Waals surface area contributed by atoms with Gasteiger partial charge < -0.3 is 5.32 Å². The first-order valence-electron chi connectivity index (χ1n) is 9.49. The van der Waals surface area contributed by atoms with E-state index in [1.54, 1.807) is 6.33 Å². The number of fused-ring (bicyclic) bond motifs is 1. The van der Waals surface area contributed by atoms with E-state index in [0.29, 0.717) is 0 Å². The van der Waals surface area contributed by atoms with E-state index in [4.69, 9.17) is 0 Å². The summed E-state index contributed by atoms with van der Waals surface area (Å²) in [5.74, 6) is 0.829. The van der Waals surface area contributed by atoms with Crippen LogP contribution >= 0.6 is 0 Å². The number of unbranched alkanes of at least 4 members (excludes halogenated alkanes) is 1. The minimum atomic E-state index is 0.829. The highest BCUT2D eigenvalue weighted by atomic mass is 15.0. The van der Waals surface area contributed by atoms with Crippen molar-refractivity contribution < 1.29 is 0 Å². The van der Waals surface area contributed by atoms with Gasteiger partial charge in [-0.2, -0.15) is 0 Å². The molecule has 1 aromatic heterocycles. The molecule has 4 aromatic rings. The van der Waals surface area contributed by atoms with Gasteiger partial charge in [-0.1, -0.05) is 61.9 Å². The van der Waals surface area contributed by atoms with Gasteiger partial charge in [0.15, 0.2) is 0 Å². The van der Waals surface area contributed by atoms with Gasteiger partial charge in [-0.3, -0.25) is 0 Å². The third-order valence-corrected chi connectivity index (χ3v) is 4.75. The van der Waals surface area contributed by atoms with Crippen molar-refractivity contribution in [2.75, 3.05) is 5.32 Å². The third kappa shape index (κ3) is 3.98. The molecule has 1 N–H and O–H groups in total. The summed E-state index contributed by atoms with van der Waals surface area (Å²) >= 11 is 0. The molecule has 3 aromatic carbocycles. The Hall–Kier alpha value is -3.20. The lowest BCUT2D eigenvalue weighted by Crippen LogP contribution is -1.96. The van der Waals surface area contributed by atoms with Crippen LogP contribution in [-0.4, -0.2) is 9.97 Å². The molecule has 0 radical (unpaired) electrons. The highest BCUT2D eigenvalue weighted by Gasteiger charge is 2.07. The van der Waals surface area contributed by atoms with Gasteiger partial charge >= 0.3 is 0 Å². The minimum absolute atomic E-state index is 0.829. The number of aryl methyl sites for hydroxylation is 1. The molecule has 0 spiro atoms. The Morgan fingerprint density at radius 3 is 2.52 bits per heavy atom. The fourth-order valence-electron chi connectivity index (χ4n) is 3.28. The largest absolute Gasteiger partial charge is 0.340 e. The molecule has 1 heterocycles. The number of benzene rings is 3. The zero-order valence-corrected chi connectivity index (χ0v) is 15.5. The number of para-hydroxylation sites is 1. The number of nitrogens with one attached hydrogen (secondary N) is 1. The average molecular weight is 353 g/mol. The SMILES string of the molecule is CCCCc1cccc(-c2ccc3ncnc(Nc4ccccc4)c3c2)c1. The number of nitrogens with zero attached hydrogens (tertiary/aromatic N) is 2. The van der Waals surface area contributed by atoms with Crippen molar-refractivity contribution in [2.45, 2.75) is 26.2 Å². The first-order valence-corrected chi connectivity index (χ1v) is 9.49. The van der Waals surface area contributed by atoms with Crippen molar-refractivity contribution in [1.82, 2.24) is 9.97 Å². The van der Waals surface area contributed by atoms with E-state index in [1.165, 1.54) is 29.5 Å². The highest BCUT2D eigenvalue weighted by molar-refractivity contribution is 5.93. The lowest BCUT2D eigenvalue weighted by Gasteiger charge is -2.10. The highest BCUT2D eigenvalue weighted by Crippen LogP contribution is 2.29. The van der Waals surface area contributed by atoms with Crippen molar-refractivity contribution in [2.24, 2.45) is 0 Å². The summed E-state index contributed by atoms with van der Waals surface area (Å²) in [4.78, 5) is 8.90. The van der Waals surface area contributed by atoms with E-state index in [-0.39, 0.29) is 0 Å². The van der Waals surface area contributed by atoms with E-state index in [2.05, 4.69) is 64.7 Å². The van der Waals surface area contributed by atoms with Crippen LogP contribution in [0.4, 0.5) is 11.5 Å². The van der Waals surface area contributed by atoms with Crippen molar-refractivity contribution in [3.63, 3.8) is 0 Å². The van der Waals surface area contributed by atoms with Gasteiger partial charge in [-0.15, -0.1) is 0 Å². The Kier molecular flexibility index (Phi) is 5.10. The molecule has 0 saturated heterocycles. The normalized spacial score (nSPS) is 10.9. The Bertz CT molecular complexity index is 1040. The van der Waals surface area contributed by atoms with Gasteiger partial charge in [0, 0.05) is 11.1 Å². The second-order valence-electron chi connectivity index (χ2n) is 6.75. The number of hydrogen-bond acceptors (Lipinski definition) is 3. The third-order valence-electron chi connectivity index (χ3n) is 4.75. The Balaban J connectivity index is 1.72. The first kappa shape index (κ1) is 17.2. The van der Waals surface area contributed by atoms with Crippen LogP contribution in [-0.2, 0) is 6.42 Å². The van der Waals surface area contributed by atoms with E-state index >= 15 is 0 Å². The van der Waals surface area contributed by atoms with Crippen LogP contribution in [0.25, 0.3) is 22.0 Å². The molecule has 3 nitrogen and oxygen atoms in total. The zero-order chi connectivity index (χ0) is 18.5. The maximum atomic E-state index is 4.47. The molecule has 27 heavy (non-hydrogen) atoms. The second kappa shape index (κ2) is 8.00. The number of anilines is 2. The standard InChI is InChI=1S/C24H23N3/c1-2-3-8-18-9-7-10-19(15-18)20-13-14-23-22(16-20)24(26-17-25-23)27-21-11-5-4-6-12-21/h4-7,9-17H,2-3,8H2,1H3,(H,25,26,27). The topological polar surface area (TPSA) is 37.8 Å². The smallest absolute Gasteiger partial charge is 0.141 e. The average Bonchev–Trinajstić information content (AvgIpc) is 2.73. The zero-order valence-electron chi connectivity index (χ0n) is 15.5. The molecule has 0 atom stereocenters. The lowest BCUT2D eigenvalue weighted by atomic mass is 9.99. The van der Waals surface area contributed by atoms with Crippen LogP contribution in [0.5, 0.6) is 0 Å². The monoisotopic (exact) mass is 353 g/mol. The quantitative estimate of drug-likeness (QED) is 0.437. The van der Waals surface area contributed by atoms with Crippen LogP contribution in [0.2, 0.25) is 0 Å². The summed E-state index contributed by atoms with van der Waals surface area (Å²) in [6, 6.07) is 25.3. The summed E-state index contributed by atoms with van der Waals surface area (Å²) in [6.45, 7) is 2.23. The molecule has 0 aliphatic heterocycles. The van der Waals surface area contributed by atoms with Crippen LogP contribution in [0.1, 0.15) is 25.3 Å². The van der Waals surface area contributed by atoms with Gasteiger partial charge in [0.2, 0.25) is 0 Å². The number of aromatic nitrogens is 2. The molecular formula is C24H23N3. The van der Waals surface area contributed by atoms with E-state index in [1.807, 2.05) is 30.3 Å². The predicted molar refractivity (Wildman–Crippen MR) is 113 cm³/mol. The molecule has 3 heteroatoms. The molecule has 0 saturated carbocycles. The van der Waals surface area contributed by atoms with Gasteiger partial charge in [-0.05, 0) is 53.8 Å². The molecule has 134 valence electrons. The lowest BCUT2D eigenvalue weighted by molar-refractivity contribution is 0.795.